The summed E-state index contributed by atoms with van der Waals surface area (Å²) in [7, 11) is 0. The first-order valence-corrected chi connectivity index (χ1v) is 12.4. The zero-order chi connectivity index (χ0) is 24.2. The quantitative estimate of drug-likeness (QED) is 0.488. The highest BCUT2D eigenvalue weighted by Crippen LogP contribution is 2.39. The van der Waals surface area contributed by atoms with Gasteiger partial charge in [0.05, 0.1) is 35.0 Å². The summed E-state index contributed by atoms with van der Waals surface area (Å²) >= 11 is 0. The Morgan fingerprint density at radius 3 is 2.60 bits per heavy atom. The molecule has 0 unspecified atom stereocenters. The maximum Gasteiger partial charge on any atom is 0.290 e. The van der Waals surface area contributed by atoms with Crippen LogP contribution in [0.2, 0.25) is 0 Å². The highest BCUT2D eigenvalue weighted by molar-refractivity contribution is 5.69. The Bertz CT molecular complexity index is 1160. The second-order valence-electron chi connectivity index (χ2n) is 9.23. The molecule has 0 radical (unpaired) electrons. The van der Waals surface area contributed by atoms with Crippen molar-refractivity contribution in [3.63, 3.8) is 0 Å². The second-order valence-corrected chi connectivity index (χ2v) is 9.23. The van der Waals surface area contributed by atoms with E-state index in [9.17, 15) is 0 Å². The lowest BCUT2D eigenvalue weighted by atomic mass is 9.93. The van der Waals surface area contributed by atoms with Gasteiger partial charge in [0.2, 0.25) is 5.95 Å². The summed E-state index contributed by atoms with van der Waals surface area (Å²) < 4.78 is 2.27. The maximum atomic E-state index is 8.36. The highest BCUT2D eigenvalue weighted by atomic mass is 16.3. The summed E-state index contributed by atoms with van der Waals surface area (Å²) in [5.74, 6) is 1.36. The predicted octanol–water partition coefficient (Wildman–Crippen LogP) is 3.11. The summed E-state index contributed by atoms with van der Waals surface area (Å²) in [5, 5.41) is 18.5. The van der Waals surface area contributed by atoms with Crippen molar-refractivity contribution >= 4 is 23.9 Å². The lowest BCUT2D eigenvalue weighted by Gasteiger charge is -2.29. The number of pyridine rings is 1. The molecule has 1 saturated heterocycles. The van der Waals surface area contributed by atoms with Crippen LogP contribution in [0, 0.1) is 6.92 Å². The van der Waals surface area contributed by atoms with Gasteiger partial charge in [0.25, 0.3) is 6.47 Å². The van der Waals surface area contributed by atoms with Crippen LogP contribution in [0.15, 0.2) is 24.5 Å². The molecule has 2 fully saturated rings. The topological polar surface area (TPSA) is 121 Å². The molecule has 0 spiro atoms. The van der Waals surface area contributed by atoms with Crippen molar-refractivity contribution in [2.45, 2.75) is 51.5 Å². The molecule has 184 valence electrons. The van der Waals surface area contributed by atoms with Crippen LogP contribution < -0.4 is 15.5 Å². The lowest BCUT2D eigenvalue weighted by Crippen LogP contribution is -2.43. The minimum atomic E-state index is -0.250. The van der Waals surface area contributed by atoms with Crippen molar-refractivity contribution < 1.29 is 9.90 Å². The van der Waals surface area contributed by atoms with Crippen molar-refractivity contribution in [2.75, 3.05) is 36.4 Å². The zero-order valence-corrected chi connectivity index (χ0v) is 20.1. The number of aryl methyl sites for hydroxylation is 2. The molecule has 3 N–H and O–H groups in total. The van der Waals surface area contributed by atoms with E-state index in [1.54, 1.807) is 0 Å². The van der Waals surface area contributed by atoms with Crippen LogP contribution in [-0.4, -0.2) is 62.5 Å². The molecule has 3 aromatic heterocycles. The van der Waals surface area contributed by atoms with Crippen molar-refractivity contribution in [1.82, 2.24) is 30.0 Å². The molecule has 0 amide bonds. The van der Waals surface area contributed by atoms with Crippen LogP contribution in [0.1, 0.15) is 48.5 Å². The van der Waals surface area contributed by atoms with Crippen molar-refractivity contribution in [3.05, 3.63) is 41.3 Å². The molecule has 0 aromatic carbocycles. The number of hydrogen-bond donors (Lipinski definition) is 3. The Morgan fingerprint density at radius 2 is 1.89 bits per heavy atom. The lowest BCUT2D eigenvalue weighted by molar-refractivity contribution is -0.122. The summed E-state index contributed by atoms with van der Waals surface area (Å²) in [4.78, 5) is 24.9. The van der Waals surface area contributed by atoms with Crippen LogP contribution in [0.4, 0.5) is 17.5 Å². The molecule has 3 aromatic rings. The molecule has 0 atom stereocenters. The average molecular weight is 477 g/mol. The number of piperazine rings is 1. The first-order valence-electron chi connectivity index (χ1n) is 12.4. The largest absolute Gasteiger partial charge is 0.483 e. The van der Waals surface area contributed by atoms with Gasteiger partial charge in [0.15, 0.2) is 0 Å². The van der Waals surface area contributed by atoms with Gasteiger partial charge in [-0.15, -0.1) is 0 Å². The van der Waals surface area contributed by atoms with Crippen molar-refractivity contribution in [2.24, 2.45) is 0 Å². The fourth-order valence-electron chi connectivity index (χ4n) is 5.34. The molecule has 3 aliphatic rings. The van der Waals surface area contributed by atoms with Gasteiger partial charge in [-0.2, -0.15) is 5.10 Å². The number of nitrogens with zero attached hydrogens (tertiary/aromatic N) is 6. The number of fused-ring (bicyclic) bond motifs is 3. The molecule has 10 nitrogen and oxygen atoms in total. The molecule has 35 heavy (non-hydrogen) atoms. The second kappa shape index (κ2) is 10.4. The maximum absolute atomic E-state index is 8.36. The van der Waals surface area contributed by atoms with E-state index in [2.05, 4.69) is 43.2 Å². The summed E-state index contributed by atoms with van der Waals surface area (Å²) in [6, 6.07) is 4.63. The van der Waals surface area contributed by atoms with Gasteiger partial charge in [0.1, 0.15) is 5.82 Å². The van der Waals surface area contributed by atoms with E-state index in [1.165, 1.54) is 42.5 Å². The number of nitrogens with one attached hydrogen (secondary N) is 2. The number of carbonyl (C=O) groups is 1. The van der Waals surface area contributed by atoms with Gasteiger partial charge in [-0.25, -0.2) is 15.0 Å². The number of aromatic nitrogens is 5. The van der Waals surface area contributed by atoms with Crippen LogP contribution in [0.25, 0.3) is 11.4 Å². The third-order valence-corrected chi connectivity index (χ3v) is 7.08. The average Bonchev–Trinajstić information content (AvgIpc) is 3.54. The fourth-order valence-corrected chi connectivity index (χ4v) is 5.34. The molecule has 0 bridgehead atoms. The van der Waals surface area contributed by atoms with E-state index in [-0.39, 0.29) is 6.47 Å². The van der Waals surface area contributed by atoms with Gasteiger partial charge in [0, 0.05) is 37.9 Å². The smallest absolute Gasteiger partial charge is 0.290 e. The van der Waals surface area contributed by atoms with Gasteiger partial charge in [-0.05, 0) is 50.3 Å². The molecule has 4 heterocycles. The zero-order valence-electron chi connectivity index (χ0n) is 20.1. The molecule has 1 aliphatic heterocycles. The van der Waals surface area contributed by atoms with Crippen molar-refractivity contribution in [3.8, 4) is 11.4 Å². The summed E-state index contributed by atoms with van der Waals surface area (Å²) in [6.07, 6.45) is 10.9. The van der Waals surface area contributed by atoms with E-state index in [0.29, 0.717) is 12.0 Å². The Balaban J connectivity index is 0.000000806. The van der Waals surface area contributed by atoms with Crippen LogP contribution >= 0.6 is 0 Å². The van der Waals surface area contributed by atoms with Gasteiger partial charge in [-0.3, -0.25) is 9.48 Å². The predicted molar refractivity (Wildman–Crippen MR) is 134 cm³/mol. The molecule has 2 aliphatic carbocycles. The third kappa shape index (κ3) is 4.84. The van der Waals surface area contributed by atoms with E-state index in [0.717, 1.165) is 61.9 Å². The standard InChI is InChI=1S/C24H30N8.CH2O2/c1-16-20-8-6-17-14-27-24(29-22(17)23(20)32(30-16)18-4-2-3-5-18)28-21-9-7-19(15-26-21)31-12-10-25-11-13-31;2-1-3/h7,9,14-15,18,25H,2-6,8,10-13H2,1H3,(H,26,27,28,29);1H,(H,2,3). The highest BCUT2D eigenvalue weighted by Gasteiger charge is 2.30. The molecular formula is C25H32N8O2. The molecule has 10 heteroatoms. The monoisotopic (exact) mass is 476 g/mol. The van der Waals surface area contributed by atoms with E-state index < -0.39 is 0 Å². The first kappa shape index (κ1) is 23.2. The number of anilines is 3. The minimum absolute atomic E-state index is 0.250. The van der Waals surface area contributed by atoms with Crippen LogP contribution in [0.5, 0.6) is 0 Å². The fraction of sp³-hybridized carbons (Fsp3) is 0.480. The minimum Gasteiger partial charge on any atom is -0.483 e. The van der Waals surface area contributed by atoms with E-state index in [1.807, 2.05) is 18.5 Å². The number of rotatable bonds is 4. The van der Waals surface area contributed by atoms with E-state index in [4.69, 9.17) is 20.0 Å². The number of hydrogen-bond acceptors (Lipinski definition) is 8. The van der Waals surface area contributed by atoms with E-state index >= 15 is 0 Å². The number of carboxylic acid groups (broad SMARTS) is 1. The Hall–Kier alpha value is -3.53. The van der Waals surface area contributed by atoms with Crippen LogP contribution in [0.3, 0.4) is 0 Å². The van der Waals surface area contributed by atoms with Gasteiger partial charge < -0.3 is 20.6 Å². The van der Waals surface area contributed by atoms with Crippen LogP contribution in [-0.2, 0) is 17.6 Å². The Labute approximate surface area is 204 Å². The Kier molecular flexibility index (Phi) is 6.89. The molecule has 6 rings (SSSR count). The normalized spacial score (nSPS) is 17.2. The first-order chi connectivity index (χ1) is 17.2. The summed E-state index contributed by atoms with van der Waals surface area (Å²) in [6.45, 7) is 5.95. The summed E-state index contributed by atoms with van der Waals surface area (Å²) in [5.41, 5.74) is 7.12. The molecular weight excluding hydrogens is 444 g/mol. The third-order valence-electron chi connectivity index (χ3n) is 7.08. The SMILES string of the molecule is Cc1nn(C2CCCC2)c2c1CCc1cnc(Nc3ccc(N4CCNCC4)cn3)nc1-2.O=CO. The van der Waals surface area contributed by atoms with Gasteiger partial charge >= 0.3 is 0 Å². The Morgan fingerprint density at radius 1 is 1.11 bits per heavy atom. The van der Waals surface area contributed by atoms with Crippen molar-refractivity contribution in [1.29, 1.82) is 0 Å². The molecule has 1 saturated carbocycles. The van der Waals surface area contributed by atoms with Gasteiger partial charge in [-0.1, -0.05) is 12.8 Å².